The molecular weight excluding hydrogens is 1680 g/mol. The molecule has 0 bridgehead atoms. The number of para-hydroxylation sites is 7. The maximum absolute atomic E-state index is 6.93. The number of nitrogens with zero attached hydrogens (tertiary/aromatic N) is 4. The molecule has 0 saturated carbocycles. The van der Waals surface area contributed by atoms with Gasteiger partial charge >= 0.3 is 0 Å². The molecule has 22 aromatic carbocycles. The Kier molecular flexibility index (Phi) is 19.7. The number of rotatable bonds is 20. The van der Waals surface area contributed by atoms with Crippen LogP contribution in [0.1, 0.15) is 16.7 Å². The van der Waals surface area contributed by atoms with Crippen LogP contribution in [0.2, 0.25) is 0 Å². The van der Waals surface area contributed by atoms with Crippen molar-refractivity contribution >= 4 is 178 Å². The second kappa shape index (κ2) is 33.8. The van der Waals surface area contributed by atoms with Crippen molar-refractivity contribution in [3.8, 4) is 66.8 Å². The first kappa shape index (κ1) is 80.6. The van der Waals surface area contributed by atoms with Gasteiger partial charge in [0, 0.05) is 133 Å². The topological polar surface area (TPSA) is 65.5 Å². The monoisotopic (exact) mass is 1770 g/mol. The number of benzene rings is 22. The highest BCUT2D eigenvalue weighted by atomic mass is 16.3. The molecular formula is C130H86N4O4. The van der Waals surface area contributed by atoms with Gasteiger partial charge in [-0.3, -0.25) is 0 Å². The van der Waals surface area contributed by atoms with Crippen molar-refractivity contribution in [1.82, 2.24) is 0 Å². The molecule has 4 heterocycles. The molecule has 0 aliphatic heterocycles. The van der Waals surface area contributed by atoms with E-state index in [1.807, 2.05) is 36.4 Å². The molecule has 8 heteroatoms. The summed E-state index contributed by atoms with van der Waals surface area (Å²) in [6.07, 6.45) is 0.685. The van der Waals surface area contributed by atoms with Crippen molar-refractivity contribution in [2.45, 2.75) is 13.3 Å². The Morgan fingerprint density at radius 1 is 0.167 bits per heavy atom. The molecule has 0 spiro atoms. The van der Waals surface area contributed by atoms with Crippen LogP contribution in [0.3, 0.4) is 0 Å². The van der Waals surface area contributed by atoms with Gasteiger partial charge < -0.3 is 37.3 Å². The van der Waals surface area contributed by atoms with Gasteiger partial charge in [-0.05, 0) is 250 Å². The normalized spacial score (nSPS) is 11.7. The standard InChI is InChI=1S/C130H86N4O4/c1-84-41-61-97(62-42-84)131(101-73-53-93(54-74-101)109-29-16-32-116-112-25-6-10-37-123(112)135-127(109)116)99-65-45-87(46-66-99)88-47-67-100(68-48-88)132(102-75-55-94(56-76-102)110-30-17-33-117-113-26-7-11-38-124(113)136-128(110)117)98-63-43-85(44-64-98)81-86-82-119(130-120(83-86)115-28-9-13-40-126(115)138-130)96-59-79-106(80-60-96)134(122-36-15-22-92-20-3-5-24-108(92)122)104-71-51-90(52-72-104)89-49-69-103(70-50-89)133(121-35-14-21-91-19-2-4-23-107(91)121)105-77-57-95(58-78-105)111-31-18-34-118-114-27-8-12-39-125(114)137-129(111)118/h2-80,82-83H,81H2,1H3. The van der Waals surface area contributed by atoms with E-state index in [1.54, 1.807) is 0 Å². The number of hydrogen-bond donors (Lipinski definition) is 0. The van der Waals surface area contributed by atoms with Gasteiger partial charge in [-0.1, -0.05) is 327 Å². The summed E-state index contributed by atoms with van der Waals surface area (Å²) in [5.74, 6) is 0. The smallest absolute Gasteiger partial charge is 0.143 e. The minimum atomic E-state index is 0.685. The summed E-state index contributed by atoms with van der Waals surface area (Å²) in [4.78, 5) is 9.46. The zero-order valence-electron chi connectivity index (χ0n) is 75.4. The van der Waals surface area contributed by atoms with Gasteiger partial charge in [-0.2, -0.15) is 0 Å². The lowest BCUT2D eigenvalue weighted by atomic mass is 9.95. The molecule has 0 radical (unpaired) electrons. The fourth-order valence-electron chi connectivity index (χ4n) is 20.7. The molecule has 0 atom stereocenters. The Morgan fingerprint density at radius 3 is 0.739 bits per heavy atom. The van der Waals surface area contributed by atoms with Crippen LogP contribution in [0, 0.1) is 6.92 Å². The zero-order chi connectivity index (χ0) is 91.3. The number of anilines is 12. The lowest BCUT2D eigenvalue weighted by molar-refractivity contribution is 0.669. The van der Waals surface area contributed by atoms with E-state index in [0.717, 1.165) is 228 Å². The summed E-state index contributed by atoms with van der Waals surface area (Å²) >= 11 is 0. The molecule has 26 aromatic rings. The molecule has 0 N–H and O–H groups in total. The zero-order valence-corrected chi connectivity index (χ0v) is 75.4. The van der Waals surface area contributed by atoms with Gasteiger partial charge in [0.15, 0.2) is 0 Å². The summed E-state index contributed by atoms with van der Waals surface area (Å²) in [5, 5.41) is 13.5. The highest BCUT2D eigenvalue weighted by Gasteiger charge is 2.26. The summed E-state index contributed by atoms with van der Waals surface area (Å²) < 4.78 is 26.6. The van der Waals surface area contributed by atoms with E-state index < -0.39 is 0 Å². The molecule has 0 amide bonds. The van der Waals surface area contributed by atoms with Crippen LogP contribution in [0.4, 0.5) is 68.2 Å². The largest absolute Gasteiger partial charge is 0.455 e. The lowest BCUT2D eigenvalue weighted by Crippen LogP contribution is -2.10. The van der Waals surface area contributed by atoms with Crippen LogP contribution in [-0.2, 0) is 6.42 Å². The van der Waals surface area contributed by atoms with Crippen molar-refractivity contribution < 1.29 is 17.7 Å². The van der Waals surface area contributed by atoms with Gasteiger partial charge in [0.05, 0.1) is 11.4 Å². The van der Waals surface area contributed by atoms with E-state index in [4.69, 9.17) is 17.7 Å². The summed E-state index contributed by atoms with van der Waals surface area (Å²) in [7, 11) is 0. The third kappa shape index (κ3) is 14.4. The maximum Gasteiger partial charge on any atom is 0.143 e. The predicted octanol–water partition coefficient (Wildman–Crippen LogP) is 37.4. The highest BCUT2D eigenvalue weighted by molar-refractivity contribution is 6.14. The molecule has 0 aliphatic carbocycles. The SMILES string of the molecule is Cc1ccc(N(c2ccc(-c3ccc(N(c4ccc(Cc5cc(-c6ccc(N(c7ccc(-c8ccc(N(c9ccc(-c%10cccc%11c%10oc%10ccccc%10%11)cc9)c9cccc%10ccccc9%10)cc8)cc7)c7cccc8ccccc78)cc6)c6oc7ccccc7c6c5)cc4)c4ccc(-c5cccc6c5oc5ccccc56)cc4)cc3)cc2)c2ccc(-c3cccc4c3oc3ccccc34)cc2)cc1. The van der Waals surface area contributed by atoms with Crippen molar-refractivity contribution in [3.63, 3.8) is 0 Å². The quantitative estimate of drug-likeness (QED) is 0.0748. The highest BCUT2D eigenvalue weighted by Crippen LogP contribution is 2.49. The molecule has 0 saturated heterocycles. The van der Waals surface area contributed by atoms with Gasteiger partial charge in [-0.25, -0.2) is 0 Å². The van der Waals surface area contributed by atoms with Crippen molar-refractivity contribution in [2.24, 2.45) is 0 Å². The third-order valence-corrected chi connectivity index (χ3v) is 27.6. The minimum Gasteiger partial charge on any atom is -0.455 e. The van der Waals surface area contributed by atoms with Crippen molar-refractivity contribution in [3.05, 3.63) is 508 Å². The molecule has 26 rings (SSSR count). The maximum atomic E-state index is 6.93. The molecule has 0 aliphatic rings. The lowest BCUT2D eigenvalue weighted by Gasteiger charge is -2.28. The van der Waals surface area contributed by atoms with Gasteiger partial charge in [0.25, 0.3) is 0 Å². The Hall–Kier alpha value is -18.2. The van der Waals surface area contributed by atoms with Crippen LogP contribution in [0.15, 0.2) is 509 Å². The molecule has 0 unspecified atom stereocenters. The van der Waals surface area contributed by atoms with Crippen LogP contribution in [0.25, 0.3) is 176 Å². The van der Waals surface area contributed by atoms with E-state index in [9.17, 15) is 0 Å². The minimum absolute atomic E-state index is 0.685. The van der Waals surface area contributed by atoms with Crippen LogP contribution in [-0.4, -0.2) is 0 Å². The average molecular weight is 1770 g/mol. The summed E-state index contributed by atoms with van der Waals surface area (Å²) in [5.41, 5.74) is 36.2. The van der Waals surface area contributed by atoms with Gasteiger partial charge in [0.2, 0.25) is 0 Å². The fourth-order valence-corrected chi connectivity index (χ4v) is 20.7. The van der Waals surface area contributed by atoms with E-state index in [2.05, 4.69) is 482 Å². The van der Waals surface area contributed by atoms with Crippen molar-refractivity contribution in [2.75, 3.05) is 19.6 Å². The Morgan fingerprint density at radius 2 is 0.406 bits per heavy atom. The van der Waals surface area contributed by atoms with Crippen LogP contribution >= 0.6 is 0 Å². The Balaban J connectivity index is 0.503. The second-order valence-electron chi connectivity index (χ2n) is 35.9. The first-order chi connectivity index (χ1) is 68.3. The average Bonchev–Trinajstić information content (AvgIpc) is 1.68. The second-order valence-corrected chi connectivity index (χ2v) is 35.9. The number of hydrogen-bond acceptors (Lipinski definition) is 8. The van der Waals surface area contributed by atoms with E-state index >= 15 is 0 Å². The first-order valence-electron chi connectivity index (χ1n) is 47.1. The number of furan rings is 4. The number of fused-ring (bicyclic) bond motifs is 14. The molecule has 4 aromatic heterocycles. The Labute approximate surface area is 797 Å². The molecule has 8 nitrogen and oxygen atoms in total. The molecule has 650 valence electrons. The first-order valence-corrected chi connectivity index (χ1v) is 47.1. The van der Waals surface area contributed by atoms with Gasteiger partial charge in [0.1, 0.15) is 44.7 Å². The molecule has 138 heavy (non-hydrogen) atoms. The van der Waals surface area contributed by atoms with Crippen LogP contribution < -0.4 is 19.6 Å². The van der Waals surface area contributed by atoms with Crippen LogP contribution in [0.5, 0.6) is 0 Å². The number of aryl methyl sites for hydroxylation is 1. The van der Waals surface area contributed by atoms with Gasteiger partial charge in [-0.15, -0.1) is 0 Å². The summed E-state index contributed by atoms with van der Waals surface area (Å²) in [6, 6.07) is 177. The van der Waals surface area contributed by atoms with E-state index in [0.29, 0.717) is 6.42 Å². The summed E-state index contributed by atoms with van der Waals surface area (Å²) in [6.45, 7) is 2.14. The third-order valence-electron chi connectivity index (χ3n) is 27.6. The van der Waals surface area contributed by atoms with E-state index in [-0.39, 0.29) is 0 Å². The Bertz CT molecular complexity index is 9130. The fraction of sp³-hybridized carbons (Fsp3) is 0.0154. The van der Waals surface area contributed by atoms with Crippen molar-refractivity contribution in [1.29, 1.82) is 0 Å². The molecule has 0 fully saturated rings. The van der Waals surface area contributed by atoms with E-state index in [1.165, 1.54) is 32.8 Å². The predicted molar refractivity (Wildman–Crippen MR) is 576 cm³/mol.